The number of hydrogen-bond donors (Lipinski definition) is 1. The average Bonchev–Trinajstić information content (AvgIpc) is 2.84. The van der Waals surface area contributed by atoms with Gasteiger partial charge in [-0.3, -0.25) is 0 Å². The summed E-state index contributed by atoms with van der Waals surface area (Å²) in [6, 6.07) is 9.05. The van der Waals surface area contributed by atoms with Crippen LogP contribution in [0.5, 0.6) is 0 Å². The van der Waals surface area contributed by atoms with Crippen LogP contribution < -0.4 is 5.32 Å². The molecule has 1 aliphatic carbocycles. The van der Waals surface area contributed by atoms with Crippen LogP contribution in [0.15, 0.2) is 30.6 Å². The second-order valence-corrected chi connectivity index (χ2v) is 6.95. The van der Waals surface area contributed by atoms with E-state index in [0.29, 0.717) is 11.5 Å². The quantitative estimate of drug-likeness (QED) is 0.930. The molecule has 21 heavy (non-hydrogen) atoms. The maximum atomic E-state index is 4.18. The second kappa shape index (κ2) is 5.51. The van der Waals surface area contributed by atoms with E-state index in [-0.39, 0.29) is 0 Å². The molecule has 0 saturated heterocycles. The van der Waals surface area contributed by atoms with Crippen LogP contribution in [0.25, 0.3) is 11.4 Å². The van der Waals surface area contributed by atoms with Gasteiger partial charge in [-0.25, -0.2) is 0 Å². The first-order valence-corrected chi connectivity index (χ1v) is 7.74. The van der Waals surface area contributed by atoms with Crippen molar-refractivity contribution in [2.75, 3.05) is 5.32 Å². The van der Waals surface area contributed by atoms with E-state index in [2.05, 4.69) is 53.6 Å². The van der Waals surface area contributed by atoms with E-state index < -0.39 is 0 Å². The summed E-state index contributed by atoms with van der Waals surface area (Å²) < 4.78 is 1.95. The summed E-state index contributed by atoms with van der Waals surface area (Å²) in [5.41, 5.74) is 2.74. The summed E-state index contributed by atoms with van der Waals surface area (Å²) in [5.74, 6) is 0.905. The highest BCUT2D eigenvalue weighted by Crippen LogP contribution is 2.36. The monoisotopic (exact) mass is 284 g/mol. The van der Waals surface area contributed by atoms with Crippen molar-refractivity contribution in [2.45, 2.75) is 45.6 Å². The fourth-order valence-corrected chi connectivity index (χ4v) is 3.35. The van der Waals surface area contributed by atoms with Crippen molar-refractivity contribution in [3.63, 3.8) is 0 Å². The van der Waals surface area contributed by atoms with Gasteiger partial charge in [-0.1, -0.05) is 32.4 Å². The van der Waals surface area contributed by atoms with Gasteiger partial charge in [0, 0.05) is 24.3 Å². The molecule has 1 unspecified atom stereocenters. The highest BCUT2D eigenvalue weighted by molar-refractivity contribution is 5.62. The number of aryl methyl sites for hydroxylation is 1. The fourth-order valence-electron chi connectivity index (χ4n) is 3.35. The molecule has 1 aromatic carbocycles. The molecule has 1 aromatic heterocycles. The maximum absolute atomic E-state index is 4.18. The Bertz CT molecular complexity index is 615. The molecule has 112 valence electrons. The first kappa shape index (κ1) is 14.1. The van der Waals surface area contributed by atoms with Crippen LogP contribution in [0.2, 0.25) is 0 Å². The SMILES string of the molecule is Cn1cnnc1-c1cccc(NC2CCCC(C)(C)C2)c1. The van der Waals surface area contributed by atoms with Crippen molar-refractivity contribution in [1.29, 1.82) is 0 Å². The van der Waals surface area contributed by atoms with Crippen molar-refractivity contribution in [1.82, 2.24) is 14.8 Å². The number of hydrogen-bond acceptors (Lipinski definition) is 3. The lowest BCUT2D eigenvalue weighted by Gasteiger charge is -2.36. The molecule has 1 N–H and O–H groups in total. The van der Waals surface area contributed by atoms with Crippen LogP contribution in [0.1, 0.15) is 39.5 Å². The Hall–Kier alpha value is -1.84. The van der Waals surface area contributed by atoms with E-state index in [1.165, 1.54) is 31.4 Å². The molecule has 1 saturated carbocycles. The molecule has 1 atom stereocenters. The molecule has 0 bridgehead atoms. The average molecular weight is 284 g/mol. The zero-order chi connectivity index (χ0) is 14.9. The van der Waals surface area contributed by atoms with E-state index in [0.717, 1.165) is 11.4 Å². The van der Waals surface area contributed by atoms with Crippen LogP contribution in [0, 0.1) is 5.41 Å². The van der Waals surface area contributed by atoms with E-state index in [9.17, 15) is 0 Å². The normalized spacial score (nSPS) is 21.2. The summed E-state index contributed by atoms with van der Waals surface area (Å²) in [6.07, 6.45) is 6.88. The van der Waals surface area contributed by atoms with E-state index in [1.54, 1.807) is 6.33 Å². The van der Waals surface area contributed by atoms with Gasteiger partial charge in [-0.05, 0) is 36.8 Å². The Morgan fingerprint density at radius 1 is 1.33 bits per heavy atom. The van der Waals surface area contributed by atoms with Gasteiger partial charge in [0.05, 0.1) is 0 Å². The topological polar surface area (TPSA) is 42.7 Å². The summed E-state index contributed by atoms with van der Waals surface area (Å²) in [4.78, 5) is 0. The Morgan fingerprint density at radius 2 is 2.19 bits per heavy atom. The smallest absolute Gasteiger partial charge is 0.163 e. The standard InChI is InChI=1S/C17H24N4/c1-17(2)9-5-8-15(11-17)19-14-7-4-6-13(10-14)16-20-18-12-21(16)3/h4,6-7,10,12,15,19H,5,8-9,11H2,1-3H3. The first-order valence-electron chi connectivity index (χ1n) is 7.74. The highest BCUT2D eigenvalue weighted by Gasteiger charge is 2.27. The molecule has 0 aliphatic heterocycles. The van der Waals surface area contributed by atoms with Crippen molar-refractivity contribution in [3.05, 3.63) is 30.6 Å². The largest absolute Gasteiger partial charge is 0.382 e. The minimum atomic E-state index is 0.455. The third kappa shape index (κ3) is 3.26. The minimum absolute atomic E-state index is 0.455. The van der Waals surface area contributed by atoms with Gasteiger partial charge >= 0.3 is 0 Å². The molecule has 4 heteroatoms. The minimum Gasteiger partial charge on any atom is -0.382 e. The van der Waals surface area contributed by atoms with Crippen LogP contribution in [-0.4, -0.2) is 20.8 Å². The predicted molar refractivity (Wildman–Crippen MR) is 86.1 cm³/mol. The summed E-state index contributed by atoms with van der Waals surface area (Å²) in [5, 5.41) is 11.8. The third-order valence-corrected chi connectivity index (χ3v) is 4.41. The molecule has 1 heterocycles. The van der Waals surface area contributed by atoms with Gasteiger partial charge < -0.3 is 9.88 Å². The van der Waals surface area contributed by atoms with Gasteiger partial charge in [-0.2, -0.15) is 0 Å². The van der Waals surface area contributed by atoms with E-state index in [1.807, 2.05) is 11.6 Å². The molecule has 1 aliphatic rings. The van der Waals surface area contributed by atoms with Crippen molar-refractivity contribution < 1.29 is 0 Å². The van der Waals surface area contributed by atoms with E-state index >= 15 is 0 Å². The number of anilines is 1. The Labute approximate surface area is 126 Å². The number of benzene rings is 1. The summed E-state index contributed by atoms with van der Waals surface area (Å²) in [6.45, 7) is 4.74. The van der Waals surface area contributed by atoms with Gasteiger partial charge in [0.1, 0.15) is 6.33 Å². The molecule has 0 radical (unpaired) electrons. The zero-order valence-corrected chi connectivity index (χ0v) is 13.1. The summed E-state index contributed by atoms with van der Waals surface area (Å²) in [7, 11) is 1.97. The maximum Gasteiger partial charge on any atom is 0.163 e. The number of rotatable bonds is 3. The molecule has 3 rings (SSSR count). The third-order valence-electron chi connectivity index (χ3n) is 4.41. The lowest BCUT2D eigenvalue weighted by molar-refractivity contribution is 0.229. The Kier molecular flexibility index (Phi) is 3.70. The molecule has 0 spiro atoms. The van der Waals surface area contributed by atoms with Crippen molar-refractivity contribution >= 4 is 5.69 Å². The Balaban J connectivity index is 1.76. The predicted octanol–water partition coefficient (Wildman–Crippen LogP) is 3.86. The van der Waals surface area contributed by atoms with Crippen LogP contribution >= 0.6 is 0 Å². The molecule has 4 nitrogen and oxygen atoms in total. The van der Waals surface area contributed by atoms with Crippen molar-refractivity contribution in [3.8, 4) is 11.4 Å². The van der Waals surface area contributed by atoms with Gasteiger partial charge in [0.15, 0.2) is 5.82 Å². The lowest BCUT2D eigenvalue weighted by atomic mass is 9.75. The molecule has 2 aromatic rings. The van der Waals surface area contributed by atoms with Crippen LogP contribution in [0.3, 0.4) is 0 Å². The molecular weight excluding hydrogens is 260 g/mol. The van der Waals surface area contributed by atoms with Crippen molar-refractivity contribution in [2.24, 2.45) is 12.5 Å². The van der Waals surface area contributed by atoms with Crippen LogP contribution in [0.4, 0.5) is 5.69 Å². The fraction of sp³-hybridized carbons (Fsp3) is 0.529. The van der Waals surface area contributed by atoms with Gasteiger partial charge in [-0.15, -0.1) is 10.2 Å². The second-order valence-electron chi connectivity index (χ2n) is 6.95. The number of nitrogens with zero attached hydrogens (tertiary/aromatic N) is 3. The first-order chi connectivity index (χ1) is 10.0. The van der Waals surface area contributed by atoms with Crippen LogP contribution in [-0.2, 0) is 7.05 Å². The number of nitrogens with one attached hydrogen (secondary N) is 1. The lowest BCUT2D eigenvalue weighted by Crippen LogP contribution is -2.31. The van der Waals surface area contributed by atoms with Gasteiger partial charge in [0.2, 0.25) is 0 Å². The number of aromatic nitrogens is 3. The zero-order valence-electron chi connectivity index (χ0n) is 13.1. The highest BCUT2D eigenvalue weighted by atomic mass is 15.2. The van der Waals surface area contributed by atoms with E-state index in [4.69, 9.17) is 0 Å². The summed E-state index contributed by atoms with van der Waals surface area (Å²) >= 11 is 0. The molecule has 1 fully saturated rings. The molecular formula is C17H24N4. The Morgan fingerprint density at radius 3 is 2.90 bits per heavy atom. The van der Waals surface area contributed by atoms with Gasteiger partial charge in [0.25, 0.3) is 0 Å². The molecule has 0 amide bonds.